The SMILES string of the molecule is COc1ccc(COC(=O)C2C(C)=NC3=C(C(=O)CCC3)[C@@H]2c2cc(OC)c(OC)cc2OC)cc1. The monoisotopic (exact) mass is 493 g/mol. The van der Waals surface area contributed by atoms with Gasteiger partial charge in [-0.1, -0.05) is 12.1 Å². The third kappa shape index (κ3) is 4.80. The molecule has 190 valence electrons. The maximum Gasteiger partial charge on any atom is 0.315 e. The van der Waals surface area contributed by atoms with Crippen LogP contribution in [0, 0.1) is 5.92 Å². The highest BCUT2D eigenvalue weighted by Crippen LogP contribution is 2.48. The second-order valence-corrected chi connectivity index (χ2v) is 8.75. The van der Waals surface area contributed by atoms with Gasteiger partial charge in [-0.15, -0.1) is 0 Å². The van der Waals surface area contributed by atoms with Gasteiger partial charge in [0.2, 0.25) is 0 Å². The molecule has 36 heavy (non-hydrogen) atoms. The molecule has 1 unspecified atom stereocenters. The molecule has 0 fully saturated rings. The maximum atomic E-state index is 13.6. The first-order chi connectivity index (χ1) is 17.4. The molecule has 1 heterocycles. The second-order valence-electron chi connectivity index (χ2n) is 8.75. The number of hydrogen-bond acceptors (Lipinski definition) is 8. The Labute approximate surface area is 210 Å². The summed E-state index contributed by atoms with van der Waals surface area (Å²) in [5.41, 5.74) is 3.35. The van der Waals surface area contributed by atoms with Gasteiger partial charge in [0.05, 0.1) is 28.4 Å². The molecule has 0 aromatic heterocycles. The van der Waals surface area contributed by atoms with E-state index in [-0.39, 0.29) is 12.4 Å². The van der Waals surface area contributed by atoms with E-state index in [0.717, 1.165) is 23.4 Å². The van der Waals surface area contributed by atoms with Crippen LogP contribution in [0.5, 0.6) is 23.0 Å². The summed E-state index contributed by atoms with van der Waals surface area (Å²) in [5, 5.41) is 0. The molecular weight excluding hydrogens is 462 g/mol. The predicted molar refractivity (Wildman–Crippen MR) is 134 cm³/mol. The van der Waals surface area contributed by atoms with Crippen molar-refractivity contribution in [1.82, 2.24) is 0 Å². The van der Waals surface area contributed by atoms with Gasteiger partial charge in [0.15, 0.2) is 17.3 Å². The fourth-order valence-electron chi connectivity index (χ4n) is 4.91. The number of nitrogens with zero attached hydrogens (tertiary/aromatic N) is 1. The van der Waals surface area contributed by atoms with E-state index in [1.54, 1.807) is 40.6 Å². The predicted octanol–water partition coefficient (Wildman–Crippen LogP) is 4.65. The third-order valence-corrected chi connectivity index (χ3v) is 6.70. The highest BCUT2D eigenvalue weighted by Gasteiger charge is 2.44. The van der Waals surface area contributed by atoms with Gasteiger partial charge in [0.1, 0.15) is 24.0 Å². The van der Waals surface area contributed by atoms with Gasteiger partial charge in [0.25, 0.3) is 0 Å². The van der Waals surface area contributed by atoms with E-state index < -0.39 is 17.8 Å². The zero-order valence-electron chi connectivity index (χ0n) is 21.3. The first-order valence-electron chi connectivity index (χ1n) is 11.8. The van der Waals surface area contributed by atoms with Crippen LogP contribution in [-0.4, -0.2) is 45.9 Å². The number of methoxy groups -OCH3 is 4. The topological polar surface area (TPSA) is 92.7 Å². The van der Waals surface area contributed by atoms with E-state index in [1.807, 2.05) is 31.2 Å². The van der Waals surface area contributed by atoms with Crippen molar-refractivity contribution in [2.24, 2.45) is 10.9 Å². The van der Waals surface area contributed by atoms with E-state index in [4.69, 9.17) is 28.7 Å². The van der Waals surface area contributed by atoms with Crippen molar-refractivity contribution in [1.29, 1.82) is 0 Å². The fraction of sp³-hybridized carbons (Fsp3) is 0.393. The second kappa shape index (κ2) is 10.8. The molecule has 0 saturated carbocycles. The molecule has 2 aromatic rings. The lowest BCUT2D eigenvalue weighted by Crippen LogP contribution is -2.37. The quantitative estimate of drug-likeness (QED) is 0.495. The molecule has 0 N–H and O–H groups in total. The summed E-state index contributed by atoms with van der Waals surface area (Å²) in [6, 6.07) is 10.8. The zero-order chi connectivity index (χ0) is 25.8. The number of benzene rings is 2. The van der Waals surface area contributed by atoms with Crippen molar-refractivity contribution in [3.05, 3.63) is 58.8 Å². The Morgan fingerprint density at radius 2 is 1.58 bits per heavy atom. The van der Waals surface area contributed by atoms with Crippen LogP contribution in [0.4, 0.5) is 0 Å². The molecule has 0 saturated heterocycles. The molecule has 8 heteroatoms. The van der Waals surface area contributed by atoms with Crippen LogP contribution in [-0.2, 0) is 20.9 Å². The minimum Gasteiger partial charge on any atom is -0.497 e. The summed E-state index contributed by atoms with van der Waals surface area (Å²) < 4.78 is 27.6. The van der Waals surface area contributed by atoms with Crippen molar-refractivity contribution >= 4 is 17.5 Å². The van der Waals surface area contributed by atoms with E-state index in [2.05, 4.69) is 0 Å². The third-order valence-electron chi connectivity index (χ3n) is 6.70. The van der Waals surface area contributed by atoms with Gasteiger partial charge in [0, 0.05) is 41.0 Å². The van der Waals surface area contributed by atoms with Gasteiger partial charge in [-0.25, -0.2) is 0 Å². The number of ketones is 1. The Balaban J connectivity index is 1.76. The summed E-state index contributed by atoms with van der Waals surface area (Å²) in [6.07, 6.45) is 1.82. The molecule has 1 aliphatic carbocycles. The van der Waals surface area contributed by atoms with Crippen LogP contribution < -0.4 is 18.9 Å². The normalized spacial score (nSPS) is 19.2. The molecule has 2 atom stereocenters. The molecule has 4 rings (SSSR count). The Hall–Kier alpha value is -3.81. The van der Waals surface area contributed by atoms with Gasteiger partial charge >= 0.3 is 5.97 Å². The van der Waals surface area contributed by atoms with Crippen molar-refractivity contribution in [3.63, 3.8) is 0 Å². The Morgan fingerprint density at radius 3 is 2.22 bits per heavy atom. The average molecular weight is 494 g/mol. The molecule has 0 amide bonds. The molecule has 0 spiro atoms. The van der Waals surface area contributed by atoms with Crippen molar-refractivity contribution in [2.45, 2.75) is 38.7 Å². The Kier molecular flexibility index (Phi) is 7.62. The number of esters is 1. The van der Waals surface area contributed by atoms with Crippen LogP contribution in [0.1, 0.15) is 43.2 Å². The van der Waals surface area contributed by atoms with E-state index >= 15 is 0 Å². The standard InChI is InChI=1S/C28H31NO7/c1-16-25(28(31)36-15-17-9-11-18(32-2)12-10-17)26(27-20(29-16)7-6-8-21(27)30)19-13-23(34-4)24(35-5)14-22(19)33-3/h9-14,25-26H,6-8,15H2,1-5H3/t25?,26-/m1/s1. The lowest BCUT2D eigenvalue weighted by molar-refractivity contribution is -0.148. The minimum absolute atomic E-state index is 0.0118. The van der Waals surface area contributed by atoms with Crippen LogP contribution in [0.3, 0.4) is 0 Å². The minimum atomic E-state index is -0.795. The van der Waals surface area contributed by atoms with E-state index in [1.165, 1.54) is 0 Å². The van der Waals surface area contributed by atoms with Crippen LogP contribution >= 0.6 is 0 Å². The van der Waals surface area contributed by atoms with Crippen molar-refractivity contribution in [2.75, 3.05) is 28.4 Å². The van der Waals surface area contributed by atoms with E-state index in [9.17, 15) is 9.59 Å². The van der Waals surface area contributed by atoms with Crippen molar-refractivity contribution in [3.8, 4) is 23.0 Å². The molecule has 0 radical (unpaired) electrons. The number of Topliss-reactive ketones (excluding diaryl/α,β-unsaturated/α-hetero) is 1. The molecule has 2 aromatic carbocycles. The number of aliphatic imine (C=N–C) groups is 1. The maximum absolute atomic E-state index is 13.6. The Morgan fingerprint density at radius 1 is 0.917 bits per heavy atom. The summed E-state index contributed by atoms with van der Waals surface area (Å²) >= 11 is 0. The highest BCUT2D eigenvalue weighted by molar-refractivity contribution is 6.09. The fourth-order valence-corrected chi connectivity index (χ4v) is 4.91. The summed E-state index contributed by atoms with van der Waals surface area (Å²) in [4.78, 5) is 31.5. The zero-order valence-corrected chi connectivity index (χ0v) is 21.3. The number of allylic oxidation sites excluding steroid dienone is 2. The molecular formula is C28H31NO7. The number of carbonyl (C=O) groups is 2. The summed E-state index contributed by atoms with van der Waals surface area (Å²) in [6.45, 7) is 1.89. The first kappa shape index (κ1) is 25.3. The Bertz CT molecular complexity index is 1210. The van der Waals surface area contributed by atoms with Gasteiger partial charge in [-0.2, -0.15) is 0 Å². The van der Waals surface area contributed by atoms with Crippen molar-refractivity contribution < 1.29 is 33.3 Å². The molecule has 8 nitrogen and oxygen atoms in total. The molecule has 0 bridgehead atoms. The summed E-state index contributed by atoms with van der Waals surface area (Å²) in [5.74, 6) is 0.286. The largest absolute Gasteiger partial charge is 0.497 e. The first-order valence-corrected chi connectivity index (χ1v) is 11.8. The number of rotatable bonds is 8. The van der Waals surface area contributed by atoms with Gasteiger partial charge in [-0.05, 0) is 43.5 Å². The van der Waals surface area contributed by atoms with Gasteiger partial charge in [-0.3, -0.25) is 14.6 Å². The average Bonchev–Trinajstić information content (AvgIpc) is 2.90. The smallest absolute Gasteiger partial charge is 0.315 e. The molecule has 2 aliphatic rings. The number of hydrogen-bond donors (Lipinski definition) is 0. The molecule has 1 aliphatic heterocycles. The lowest BCUT2D eigenvalue weighted by atomic mass is 9.71. The van der Waals surface area contributed by atoms with Gasteiger partial charge < -0.3 is 23.7 Å². The highest BCUT2D eigenvalue weighted by atomic mass is 16.5. The number of carbonyl (C=O) groups excluding carboxylic acids is 2. The van der Waals surface area contributed by atoms with Crippen LogP contribution in [0.2, 0.25) is 0 Å². The summed E-state index contributed by atoms with van der Waals surface area (Å²) in [7, 11) is 6.22. The lowest BCUT2D eigenvalue weighted by Gasteiger charge is -2.35. The van der Waals surface area contributed by atoms with Crippen LogP contribution in [0.25, 0.3) is 0 Å². The van der Waals surface area contributed by atoms with E-state index in [0.29, 0.717) is 46.9 Å². The van der Waals surface area contributed by atoms with Crippen LogP contribution in [0.15, 0.2) is 52.7 Å². The number of ether oxygens (including phenoxy) is 5.